The van der Waals surface area contributed by atoms with Crippen molar-refractivity contribution in [1.29, 1.82) is 0 Å². The van der Waals surface area contributed by atoms with Gasteiger partial charge in [0.1, 0.15) is 0 Å². The predicted octanol–water partition coefficient (Wildman–Crippen LogP) is 11.9. The molecule has 0 amide bonds. The summed E-state index contributed by atoms with van der Waals surface area (Å²) in [5.41, 5.74) is 8.46. The Hall–Kier alpha value is -6.91. The number of rotatable bonds is 5. The van der Waals surface area contributed by atoms with E-state index in [-0.39, 0.29) is 0 Å². The standard InChI is InChI=1S/C47H30N4/c1-3-14-32(15-4-1)45-48-46(33-16-5-2-6-17-33)50-47(49-45)38-25-26-43(40(29-38)37-24-23-31-13-7-8-18-34(31)27-37)51-42-22-12-11-21-39(42)41-28-35-19-9-10-20-36(35)30-44(41)51/h1-30H. The molecule has 2 heterocycles. The van der Waals surface area contributed by atoms with Crippen LogP contribution in [-0.2, 0) is 0 Å². The zero-order valence-corrected chi connectivity index (χ0v) is 27.6. The van der Waals surface area contributed by atoms with Gasteiger partial charge in [0.15, 0.2) is 17.5 Å². The Kier molecular flexibility index (Phi) is 6.78. The minimum absolute atomic E-state index is 0.629. The topological polar surface area (TPSA) is 43.6 Å². The van der Waals surface area contributed by atoms with E-state index in [4.69, 9.17) is 15.0 Å². The van der Waals surface area contributed by atoms with Crippen LogP contribution >= 0.6 is 0 Å². The molecule has 8 aromatic carbocycles. The summed E-state index contributed by atoms with van der Waals surface area (Å²) in [6.07, 6.45) is 0. The van der Waals surface area contributed by atoms with Crippen LogP contribution in [0.3, 0.4) is 0 Å². The van der Waals surface area contributed by atoms with Crippen molar-refractivity contribution in [3.63, 3.8) is 0 Å². The molecule has 0 unspecified atom stereocenters. The van der Waals surface area contributed by atoms with E-state index in [0.29, 0.717) is 17.5 Å². The molecule has 4 nitrogen and oxygen atoms in total. The first kappa shape index (κ1) is 29.0. The highest BCUT2D eigenvalue weighted by Crippen LogP contribution is 2.40. The summed E-state index contributed by atoms with van der Waals surface area (Å²) in [4.78, 5) is 15.1. The molecule has 51 heavy (non-hydrogen) atoms. The summed E-state index contributed by atoms with van der Waals surface area (Å²) in [7, 11) is 0. The van der Waals surface area contributed by atoms with E-state index in [1.54, 1.807) is 0 Å². The molecule has 0 aliphatic rings. The molecule has 0 bridgehead atoms. The van der Waals surface area contributed by atoms with Gasteiger partial charge < -0.3 is 4.57 Å². The fraction of sp³-hybridized carbons (Fsp3) is 0. The molecular weight excluding hydrogens is 621 g/mol. The van der Waals surface area contributed by atoms with E-state index >= 15 is 0 Å². The average molecular weight is 651 g/mol. The molecule has 0 saturated heterocycles. The highest BCUT2D eigenvalue weighted by Gasteiger charge is 2.19. The maximum absolute atomic E-state index is 5.08. The summed E-state index contributed by atoms with van der Waals surface area (Å²) in [5, 5.41) is 7.30. The second-order valence-corrected chi connectivity index (χ2v) is 12.9. The number of fused-ring (bicyclic) bond motifs is 5. The van der Waals surface area contributed by atoms with Crippen LogP contribution in [0.5, 0.6) is 0 Å². The lowest BCUT2D eigenvalue weighted by molar-refractivity contribution is 1.07. The molecule has 4 heteroatoms. The summed E-state index contributed by atoms with van der Waals surface area (Å²) in [5.74, 6) is 1.92. The molecule has 0 atom stereocenters. The predicted molar refractivity (Wildman–Crippen MR) is 211 cm³/mol. The second-order valence-electron chi connectivity index (χ2n) is 12.9. The molecular formula is C47H30N4. The van der Waals surface area contributed by atoms with Crippen LogP contribution in [-0.4, -0.2) is 19.5 Å². The fourth-order valence-electron chi connectivity index (χ4n) is 7.31. The van der Waals surface area contributed by atoms with E-state index in [0.717, 1.165) is 39.0 Å². The van der Waals surface area contributed by atoms with Crippen molar-refractivity contribution in [3.8, 4) is 51.0 Å². The van der Waals surface area contributed by atoms with Crippen LogP contribution in [0.1, 0.15) is 0 Å². The Morgan fingerprint density at radius 3 is 1.53 bits per heavy atom. The van der Waals surface area contributed by atoms with Crippen molar-refractivity contribution >= 4 is 43.4 Å². The number of benzene rings is 8. The smallest absolute Gasteiger partial charge is 0.164 e. The molecule has 0 radical (unpaired) electrons. The summed E-state index contributed by atoms with van der Waals surface area (Å²) in [6, 6.07) is 64.1. The second kappa shape index (κ2) is 11.9. The number of hydrogen-bond acceptors (Lipinski definition) is 3. The van der Waals surface area contributed by atoms with E-state index in [1.165, 1.54) is 37.8 Å². The van der Waals surface area contributed by atoms with Crippen LogP contribution < -0.4 is 0 Å². The third kappa shape index (κ3) is 5.04. The Bertz CT molecular complexity index is 2850. The molecule has 0 fully saturated rings. The largest absolute Gasteiger partial charge is 0.309 e. The first-order valence-corrected chi connectivity index (χ1v) is 17.2. The Balaban J connectivity index is 1.26. The van der Waals surface area contributed by atoms with Gasteiger partial charge in [0.2, 0.25) is 0 Å². The van der Waals surface area contributed by atoms with Gasteiger partial charge in [-0.15, -0.1) is 0 Å². The highest BCUT2D eigenvalue weighted by atomic mass is 15.0. The molecule has 0 N–H and O–H groups in total. The van der Waals surface area contributed by atoms with Crippen LogP contribution in [0.25, 0.3) is 94.3 Å². The van der Waals surface area contributed by atoms with Gasteiger partial charge >= 0.3 is 0 Å². The molecule has 0 aliphatic heterocycles. The lowest BCUT2D eigenvalue weighted by atomic mass is 9.97. The number of aromatic nitrogens is 4. The molecule has 2 aromatic heterocycles. The van der Waals surface area contributed by atoms with Crippen LogP contribution in [0.2, 0.25) is 0 Å². The maximum atomic E-state index is 5.08. The highest BCUT2D eigenvalue weighted by molar-refractivity contribution is 6.14. The number of para-hydroxylation sites is 1. The third-order valence-corrected chi connectivity index (χ3v) is 9.80. The Labute approximate surface area is 295 Å². The van der Waals surface area contributed by atoms with E-state index < -0.39 is 0 Å². The van der Waals surface area contributed by atoms with Crippen LogP contribution in [0.15, 0.2) is 182 Å². The summed E-state index contributed by atoms with van der Waals surface area (Å²) < 4.78 is 2.42. The van der Waals surface area contributed by atoms with Crippen molar-refractivity contribution in [2.75, 3.05) is 0 Å². The van der Waals surface area contributed by atoms with E-state index in [1.807, 2.05) is 60.7 Å². The molecule has 238 valence electrons. The minimum Gasteiger partial charge on any atom is -0.309 e. The van der Waals surface area contributed by atoms with Gasteiger partial charge in [-0.1, -0.05) is 140 Å². The van der Waals surface area contributed by atoms with Gasteiger partial charge in [0, 0.05) is 33.0 Å². The lowest BCUT2D eigenvalue weighted by Crippen LogP contribution is -2.02. The first-order chi connectivity index (χ1) is 25.3. The summed E-state index contributed by atoms with van der Waals surface area (Å²) >= 11 is 0. The molecule has 0 aliphatic carbocycles. The molecule has 0 spiro atoms. The lowest BCUT2D eigenvalue weighted by Gasteiger charge is -2.17. The zero-order chi connectivity index (χ0) is 33.7. The Morgan fingerprint density at radius 1 is 0.314 bits per heavy atom. The fourth-order valence-corrected chi connectivity index (χ4v) is 7.31. The summed E-state index contributed by atoms with van der Waals surface area (Å²) in [6.45, 7) is 0. The van der Waals surface area contributed by atoms with Crippen LogP contribution in [0, 0.1) is 0 Å². The van der Waals surface area contributed by atoms with Crippen molar-refractivity contribution in [2.24, 2.45) is 0 Å². The minimum atomic E-state index is 0.629. The van der Waals surface area contributed by atoms with E-state index in [9.17, 15) is 0 Å². The number of nitrogens with zero attached hydrogens (tertiary/aromatic N) is 4. The van der Waals surface area contributed by atoms with Crippen LogP contribution in [0.4, 0.5) is 0 Å². The van der Waals surface area contributed by atoms with Crippen molar-refractivity contribution < 1.29 is 0 Å². The third-order valence-electron chi connectivity index (χ3n) is 9.80. The quantitative estimate of drug-likeness (QED) is 0.186. The number of hydrogen-bond donors (Lipinski definition) is 0. The van der Waals surface area contributed by atoms with Crippen molar-refractivity contribution in [1.82, 2.24) is 19.5 Å². The van der Waals surface area contributed by atoms with E-state index in [2.05, 4.69) is 126 Å². The molecule has 0 saturated carbocycles. The van der Waals surface area contributed by atoms with Gasteiger partial charge in [-0.25, -0.2) is 15.0 Å². The van der Waals surface area contributed by atoms with Gasteiger partial charge in [-0.2, -0.15) is 0 Å². The first-order valence-electron chi connectivity index (χ1n) is 17.2. The normalized spacial score (nSPS) is 11.5. The van der Waals surface area contributed by atoms with Crippen molar-refractivity contribution in [3.05, 3.63) is 182 Å². The SMILES string of the molecule is c1ccc(-c2nc(-c3ccccc3)nc(-c3ccc(-n4c5ccccc5c5cc6ccccc6cc54)c(-c4ccc5ccccc5c4)c3)n2)cc1. The zero-order valence-electron chi connectivity index (χ0n) is 27.6. The average Bonchev–Trinajstić information content (AvgIpc) is 3.53. The van der Waals surface area contributed by atoms with Gasteiger partial charge in [-0.3, -0.25) is 0 Å². The van der Waals surface area contributed by atoms with Gasteiger partial charge in [0.05, 0.1) is 16.7 Å². The Morgan fingerprint density at radius 2 is 0.843 bits per heavy atom. The van der Waals surface area contributed by atoms with Gasteiger partial charge in [-0.05, 0) is 69.6 Å². The monoisotopic (exact) mass is 650 g/mol. The van der Waals surface area contributed by atoms with Gasteiger partial charge in [0.25, 0.3) is 0 Å². The maximum Gasteiger partial charge on any atom is 0.164 e. The molecule has 10 rings (SSSR count). The van der Waals surface area contributed by atoms with Crippen molar-refractivity contribution in [2.45, 2.75) is 0 Å². The molecule has 10 aromatic rings.